The van der Waals surface area contributed by atoms with Crippen LogP contribution in [0.2, 0.25) is 0 Å². The zero-order chi connectivity index (χ0) is 24.3. The molecule has 4 aliphatic rings. The van der Waals surface area contributed by atoms with E-state index < -0.39 is 23.0 Å². The molecule has 5 rings (SSSR count). The summed E-state index contributed by atoms with van der Waals surface area (Å²) in [6.45, 7) is 1.38. The molecule has 0 fully saturated rings. The second-order valence-corrected chi connectivity index (χ2v) is 8.21. The van der Waals surface area contributed by atoms with E-state index >= 15 is 0 Å². The highest BCUT2D eigenvalue weighted by Gasteiger charge is 2.38. The lowest BCUT2D eigenvalue weighted by Gasteiger charge is -2.20. The summed E-state index contributed by atoms with van der Waals surface area (Å²) in [7, 11) is 0. The number of carbonyl (C=O) groups is 2. The van der Waals surface area contributed by atoms with Gasteiger partial charge < -0.3 is 5.11 Å². The van der Waals surface area contributed by atoms with E-state index in [1.54, 1.807) is 0 Å². The van der Waals surface area contributed by atoms with Gasteiger partial charge in [0.25, 0.3) is 0 Å². The molecule has 1 aromatic rings. The molecular formula is C18H13Cl2N9O5. The van der Waals surface area contributed by atoms with Crippen LogP contribution in [-0.2, 0) is 9.59 Å². The van der Waals surface area contributed by atoms with Crippen molar-refractivity contribution < 1.29 is 19.6 Å². The number of carbonyl (C=O) groups excluding carboxylic acids is 1. The van der Waals surface area contributed by atoms with Crippen molar-refractivity contribution in [2.75, 3.05) is 0 Å². The zero-order valence-corrected chi connectivity index (χ0v) is 18.5. The summed E-state index contributed by atoms with van der Waals surface area (Å²) >= 11 is 12.3. The van der Waals surface area contributed by atoms with Gasteiger partial charge in [0.2, 0.25) is 0 Å². The van der Waals surface area contributed by atoms with Crippen LogP contribution in [0.4, 0.5) is 5.69 Å². The maximum absolute atomic E-state index is 12.0. The average molecular weight is 506 g/mol. The Bertz CT molecular complexity index is 1260. The third-order valence-corrected chi connectivity index (χ3v) is 6.03. The molecule has 0 spiro atoms. The molecule has 0 amide bonds. The standard InChI is InChI=1S/C18H13Cl2N9O5/c1-6(30)11-9(19)16-21-2-7(4-27(16)25-11)12-15(29(33)34)13(24-23-12)8-3-22-17-10(20)14(18(31)32)26-28(17)5-8/h2-5,11,14,25-26H,1H3,(H,23,24)(H,31,32). The number of allylic oxidation sites excluding steroid dienone is 2. The topological polar surface area (TPSA) is 181 Å². The van der Waals surface area contributed by atoms with Crippen molar-refractivity contribution >= 4 is 64.2 Å². The maximum atomic E-state index is 12.0. The van der Waals surface area contributed by atoms with Gasteiger partial charge in [-0.3, -0.25) is 34.8 Å². The fourth-order valence-corrected chi connectivity index (χ4v) is 4.28. The summed E-state index contributed by atoms with van der Waals surface area (Å²) in [5.41, 5.74) is 5.71. The Morgan fingerprint density at radius 3 is 2.21 bits per heavy atom. The number of rotatable bonds is 5. The molecule has 5 heterocycles. The summed E-state index contributed by atoms with van der Waals surface area (Å²) < 4.78 is 0. The molecule has 1 aromatic heterocycles. The normalized spacial score (nSPS) is 23.3. The molecule has 2 atom stereocenters. The smallest absolute Gasteiger partial charge is 0.328 e. The molecule has 174 valence electrons. The minimum absolute atomic E-state index is 0.0238. The van der Waals surface area contributed by atoms with Gasteiger partial charge in [-0.2, -0.15) is 5.10 Å². The molecule has 16 heteroatoms. The number of aliphatic carboxylic acids is 1. The molecule has 14 nitrogen and oxygen atoms in total. The van der Waals surface area contributed by atoms with E-state index in [1.807, 2.05) is 0 Å². The van der Waals surface area contributed by atoms with Crippen LogP contribution in [-0.4, -0.2) is 66.5 Å². The third kappa shape index (κ3) is 3.31. The fraction of sp³-hybridized carbons (Fsp3) is 0.167. The van der Waals surface area contributed by atoms with Crippen LogP contribution >= 0.6 is 23.2 Å². The van der Waals surface area contributed by atoms with Gasteiger partial charge in [0.05, 0.1) is 15.0 Å². The minimum atomic E-state index is -1.20. The van der Waals surface area contributed by atoms with E-state index in [2.05, 4.69) is 31.0 Å². The number of ketones is 1. The van der Waals surface area contributed by atoms with Crippen LogP contribution in [0.5, 0.6) is 0 Å². The number of Topliss-reactive ketones (excluding diaryl/α,β-unsaturated/α-hetero) is 1. The van der Waals surface area contributed by atoms with Gasteiger partial charge in [-0.15, -0.1) is 0 Å². The molecule has 2 unspecified atom stereocenters. The van der Waals surface area contributed by atoms with Crippen LogP contribution < -0.4 is 10.9 Å². The molecule has 0 aliphatic carbocycles. The number of hydrazine groups is 2. The second kappa shape index (κ2) is 7.88. The van der Waals surface area contributed by atoms with E-state index in [1.165, 1.54) is 41.8 Å². The fourth-order valence-electron chi connectivity index (χ4n) is 3.65. The Morgan fingerprint density at radius 2 is 1.62 bits per heavy atom. The van der Waals surface area contributed by atoms with E-state index in [9.17, 15) is 24.8 Å². The van der Waals surface area contributed by atoms with Crippen molar-refractivity contribution in [3.8, 4) is 0 Å². The summed E-state index contributed by atoms with van der Waals surface area (Å²) in [5, 5.41) is 30.9. The largest absolute Gasteiger partial charge is 0.480 e. The van der Waals surface area contributed by atoms with Crippen LogP contribution in [0.15, 0.2) is 44.1 Å². The lowest BCUT2D eigenvalue weighted by Crippen LogP contribution is -2.39. The van der Waals surface area contributed by atoms with Crippen LogP contribution in [0.3, 0.4) is 0 Å². The van der Waals surface area contributed by atoms with Gasteiger partial charge in [-0.25, -0.2) is 20.8 Å². The summed E-state index contributed by atoms with van der Waals surface area (Å²) in [5.74, 6) is -0.955. The Labute approximate surface area is 199 Å². The molecule has 0 bridgehead atoms. The Morgan fingerprint density at radius 1 is 1.06 bits per heavy atom. The van der Waals surface area contributed by atoms with Crippen molar-refractivity contribution in [3.05, 3.63) is 55.6 Å². The van der Waals surface area contributed by atoms with Gasteiger partial charge >= 0.3 is 11.7 Å². The number of carboxylic acid groups (broad SMARTS) is 1. The first-order valence-electron chi connectivity index (χ1n) is 9.56. The van der Waals surface area contributed by atoms with Gasteiger partial charge in [0.1, 0.15) is 11.7 Å². The highest BCUT2D eigenvalue weighted by molar-refractivity contribution is 6.33. The molecule has 0 saturated heterocycles. The van der Waals surface area contributed by atoms with Crippen molar-refractivity contribution in [1.82, 2.24) is 31.1 Å². The van der Waals surface area contributed by atoms with Gasteiger partial charge in [0.15, 0.2) is 29.2 Å². The number of aromatic amines is 1. The monoisotopic (exact) mass is 505 g/mol. The molecule has 4 aliphatic heterocycles. The average Bonchev–Trinajstić information content (AvgIpc) is 3.47. The summed E-state index contributed by atoms with van der Waals surface area (Å²) in [4.78, 5) is 42.8. The quantitative estimate of drug-likeness (QED) is 0.333. The second-order valence-electron chi connectivity index (χ2n) is 7.39. The Hall–Kier alpha value is -3.85. The van der Waals surface area contributed by atoms with Gasteiger partial charge in [0, 0.05) is 36.0 Å². The first-order chi connectivity index (χ1) is 16.2. The first kappa shape index (κ1) is 22.0. The molecule has 4 N–H and O–H groups in total. The lowest BCUT2D eigenvalue weighted by atomic mass is 10.1. The summed E-state index contributed by atoms with van der Waals surface area (Å²) in [6.07, 6.45) is 5.58. The molecule has 0 radical (unpaired) electrons. The number of H-pyrrole nitrogens is 1. The highest BCUT2D eigenvalue weighted by atomic mass is 35.5. The third-order valence-electron chi connectivity index (χ3n) is 5.25. The number of nitrogens with one attached hydrogen (secondary N) is 3. The van der Waals surface area contributed by atoms with E-state index in [4.69, 9.17) is 23.2 Å². The Balaban J connectivity index is 1.50. The van der Waals surface area contributed by atoms with Crippen LogP contribution in [0, 0.1) is 10.1 Å². The Kier molecular flexibility index (Phi) is 5.09. The molecule has 34 heavy (non-hydrogen) atoms. The number of aliphatic imine (C=N–C) groups is 2. The van der Waals surface area contributed by atoms with Crippen LogP contribution in [0.25, 0.3) is 11.1 Å². The van der Waals surface area contributed by atoms with Crippen molar-refractivity contribution in [1.29, 1.82) is 0 Å². The van der Waals surface area contributed by atoms with Gasteiger partial charge in [-0.1, -0.05) is 23.2 Å². The maximum Gasteiger partial charge on any atom is 0.328 e. The molecule has 0 saturated carbocycles. The number of carboxylic acids is 1. The van der Waals surface area contributed by atoms with Crippen molar-refractivity contribution in [3.63, 3.8) is 0 Å². The highest BCUT2D eigenvalue weighted by Crippen LogP contribution is 2.37. The zero-order valence-electron chi connectivity index (χ0n) is 17.0. The molecule has 0 aromatic carbocycles. The number of hydrogen-bond donors (Lipinski definition) is 4. The predicted molar refractivity (Wildman–Crippen MR) is 120 cm³/mol. The van der Waals surface area contributed by atoms with Gasteiger partial charge in [-0.05, 0) is 6.92 Å². The molecular weight excluding hydrogens is 493 g/mol. The summed E-state index contributed by atoms with van der Waals surface area (Å²) in [6, 6.07) is -1.96. The number of hydrogen-bond acceptors (Lipinski definition) is 11. The van der Waals surface area contributed by atoms with E-state index in [0.29, 0.717) is 11.4 Å². The van der Waals surface area contributed by atoms with E-state index in [0.717, 1.165) is 0 Å². The minimum Gasteiger partial charge on any atom is -0.480 e. The first-order valence-corrected chi connectivity index (χ1v) is 10.3. The number of aromatic nitrogens is 2. The number of halogens is 2. The number of fused-ring (bicyclic) bond motifs is 2. The van der Waals surface area contributed by atoms with Crippen LogP contribution in [0.1, 0.15) is 18.3 Å². The van der Waals surface area contributed by atoms with Crippen molar-refractivity contribution in [2.24, 2.45) is 9.98 Å². The lowest BCUT2D eigenvalue weighted by molar-refractivity contribution is -0.385. The van der Waals surface area contributed by atoms with Crippen molar-refractivity contribution in [2.45, 2.75) is 19.0 Å². The number of nitro groups is 1. The SMILES string of the molecule is CC(=O)C1NN2C=C(c3[nH]nc(C4=CN5NC(C(=O)O)C(Cl)=C5N=C4)c3[N+](=O)[O-])C=NC2=C1Cl. The number of nitrogens with zero attached hydrogens (tertiary/aromatic N) is 6. The van der Waals surface area contributed by atoms with E-state index in [-0.39, 0.29) is 44.3 Å². The predicted octanol–water partition coefficient (Wildman–Crippen LogP) is 1.04.